The van der Waals surface area contributed by atoms with E-state index in [0.29, 0.717) is 11.4 Å². The van der Waals surface area contributed by atoms with E-state index in [1.807, 2.05) is 0 Å². The molecule has 7 nitrogen and oxygen atoms in total. The van der Waals surface area contributed by atoms with Gasteiger partial charge in [-0.15, -0.1) is 0 Å². The molecule has 1 aliphatic rings. The van der Waals surface area contributed by atoms with Crippen LogP contribution in [0.4, 0.5) is 15.8 Å². The SMILES string of the molecule is O=C(COC(=O)CCN1C(=O)COc2ccccc21)Nc1ccccc1F. The van der Waals surface area contributed by atoms with Crippen LogP contribution in [0, 0.1) is 5.82 Å². The van der Waals surface area contributed by atoms with Crippen molar-refractivity contribution in [1.82, 2.24) is 0 Å². The first kappa shape index (κ1) is 18.4. The molecule has 0 bridgehead atoms. The van der Waals surface area contributed by atoms with Gasteiger partial charge >= 0.3 is 5.97 Å². The molecule has 140 valence electrons. The first-order chi connectivity index (χ1) is 13.0. The summed E-state index contributed by atoms with van der Waals surface area (Å²) in [7, 11) is 0. The van der Waals surface area contributed by atoms with Gasteiger partial charge in [0.1, 0.15) is 11.6 Å². The Kier molecular flexibility index (Phi) is 5.65. The second-order valence-electron chi connectivity index (χ2n) is 5.74. The molecule has 8 heteroatoms. The molecule has 0 radical (unpaired) electrons. The fourth-order valence-electron chi connectivity index (χ4n) is 2.57. The van der Waals surface area contributed by atoms with Crippen molar-refractivity contribution in [3.8, 4) is 5.75 Å². The summed E-state index contributed by atoms with van der Waals surface area (Å²) in [5.74, 6) is -1.58. The van der Waals surface area contributed by atoms with E-state index in [9.17, 15) is 18.8 Å². The summed E-state index contributed by atoms with van der Waals surface area (Å²) in [6.45, 7) is -0.537. The molecule has 1 aliphatic heterocycles. The number of anilines is 2. The maximum atomic E-state index is 13.5. The standard InChI is InChI=1S/C19H17FN2O5/c20-13-5-1-2-6-14(13)21-17(23)11-27-19(25)9-10-22-15-7-3-4-8-16(15)26-12-18(22)24/h1-8H,9-12H2,(H,21,23). The van der Waals surface area contributed by atoms with Crippen molar-refractivity contribution in [3.05, 3.63) is 54.3 Å². The molecule has 0 atom stereocenters. The van der Waals surface area contributed by atoms with Crippen molar-refractivity contribution in [2.45, 2.75) is 6.42 Å². The summed E-state index contributed by atoms with van der Waals surface area (Å²) < 4.78 is 23.7. The molecule has 0 fully saturated rings. The summed E-state index contributed by atoms with van der Waals surface area (Å²) >= 11 is 0. The summed E-state index contributed by atoms with van der Waals surface area (Å²) in [5.41, 5.74) is 0.591. The van der Waals surface area contributed by atoms with Gasteiger partial charge in [-0.3, -0.25) is 14.4 Å². The van der Waals surface area contributed by atoms with Crippen molar-refractivity contribution >= 4 is 29.2 Å². The van der Waals surface area contributed by atoms with Gasteiger partial charge in [0.2, 0.25) is 0 Å². The maximum Gasteiger partial charge on any atom is 0.308 e. The Morgan fingerprint density at radius 1 is 1.15 bits per heavy atom. The van der Waals surface area contributed by atoms with Gasteiger partial charge in [0.05, 0.1) is 17.8 Å². The van der Waals surface area contributed by atoms with Gasteiger partial charge in [0, 0.05) is 6.54 Å². The Labute approximate surface area is 154 Å². The van der Waals surface area contributed by atoms with Crippen LogP contribution in [-0.2, 0) is 19.1 Å². The monoisotopic (exact) mass is 372 g/mol. The third-order valence-corrected chi connectivity index (χ3v) is 3.86. The number of nitrogens with one attached hydrogen (secondary N) is 1. The smallest absolute Gasteiger partial charge is 0.308 e. The number of nitrogens with zero attached hydrogens (tertiary/aromatic N) is 1. The average molecular weight is 372 g/mol. The third-order valence-electron chi connectivity index (χ3n) is 3.86. The first-order valence-electron chi connectivity index (χ1n) is 8.27. The van der Waals surface area contributed by atoms with E-state index in [0.717, 1.165) is 0 Å². The topological polar surface area (TPSA) is 84.9 Å². The molecule has 27 heavy (non-hydrogen) atoms. The van der Waals surface area contributed by atoms with E-state index < -0.39 is 24.3 Å². The second-order valence-corrected chi connectivity index (χ2v) is 5.74. The molecule has 2 amide bonds. The lowest BCUT2D eigenvalue weighted by Crippen LogP contribution is -2.40. The molecule has 0 saturated heterocycles. The Hall–Kier alpha value is -3.42. The highest BCUT2D eigenvalue weighted by molar-refractivity contribution is 5.98. The van der Waals surface area contributed by atoms with Crippen LogP contribution in [0.2, 0.25) is 0 Å². The fraction of sp³-hybridized carbons (Fsp3) is 0.211. The van der Waals surface area contributed by atoms with Crippen LogP contribution in [0.15, 0.2) is 48.5 Å². The lowest BCUT2D eigenvalue weighted by atomic mass is 10.2. The van der Waals surface area contributed by atoms with Crippen LogP contribution in [0.1, 0.15) is 6.42 Å². The van der Waals surface area contributed by atoms with E-state index in [1.54, 1.807) is 30.3 Å². The highest BCUT2D eigenvalue weighted by Crippen LogP contribution is 2.31. The molecular weight excluding hydrogens is 355 g/mol. The van der Waals surface area contributed by atoms with Gasteiger partial charge in [-0.25, -0.2) is 4.39 Å². The Bertz CT molecular complexity index is 871. The van der Waals surface area contributed by atoms with Gasteiger partial charge in [0.15, 0.2) is 13.2 Å². The Morgan fingerprint density at radius 3 is 2.70 bits per heavy atom. The number of carbonyl (C=O) groups is 3. The van der Waals surface area contributed by atoms with Gasteiger partial charge in [0.25, 0.3) is 11.8 Å². The van der Waals surface area contributed by atoms with Crippen molar-refractivity contribution < 1.29 is 28.2 Å². The minimum Gasteiger partial charge on any atom is -0.482 e. The Morgan fingerprint density at radius 2 is 1.89 bits per heavy atom. The number of ether oxygens (including phenoxy) is 2. The molecule has 0 saturated carbocycles. The number of halogens is 1. The Balaban J connectivity index is 1.48. The lowest BCUT2D eigenvalue weighted by Gasteiger charge is -2.28. The summed E-state index contributed by atoms with van der Waals surface area (Å²) in [6, 6.07) is 12.7. The minimum atomic E-state index is -0.652. The maximum absolute atomic E-state index is 13.5. The van der Waals surface area contributed by atoms with E-state index >= 15 is 0 Å². The van der Waals surface area contributed by atoms with Crippen molar-refractivity contribution in [3.63, 3.8) is 0 Å². The van der Waals surface area contributed by atoms with Crippen LogP contribution in [0.5, 0.6) is 5.75 Å². The average Bonchev–Trinajstić information content (AvgIpc) is 2.67. The second kappa shape index (κ2) is 8.31. The van der Waals surface area contributed by atoms with E-state index in [1.165, 1.54) is 23.1 Å². The predicted molar refractivity (Wildman–Crippen MR) is 94.9 cm³/mol. The number of amides is 2. The fourth-order valence-corrected chi connectivity index (χ4v) is 2.57. The number of rotatable bonds is 6. The number of carbonyl (C=O) groups excluding carboxylic acids is 3. The van der Waals surface area contributed by atoms with Crippen LogP contribution in [0.25, 0.3) is 0 Å². The zero-order chi connectivity index (χ0) is 19.2. The molecule has 3 rings (SSSR count). The molecule has 0 spiro atoms. The van der Waals surface area contributed by atoms with Gasteiger partial charge in [-0.2, -0.15) is 0 Å². The number of esters is 1. The van der Waals surface area contributed by atoms with Gasteiger partial charge < -0.3 is 19.7 Å². The molecule has 1 N–H and O–H groups in total. The summed E-state index contributed by atoms with van der Waals surface area (Å²) in [4.78, 5) is 37.1. The van der Waals surface area contributed by atoms with E-state index in [4.69, 9.17) is 9.47 Å². The molecule has 1 heterocycles. The molecule has 0 aromatic heterocycles. The number of para-hydroxylation sites is 3. The normalized spacial score (nSPS) is 12.8. The zero-order valence-electron chi connectivity index (χ0n) is 14.3. The van der Waals surface area contributed by atoms with E-state index in [2.05, 4.69) is 5.32 Å². The third kappa shape index (κ3) is 4.60. The molecule has 0 aliphatic carbocycles. The molecular formula is C19H17FN2O5. The van der Waals surface area contributed by atoms with Gasteiger partial charge in [-0.05, 0) is 24.3 Å². The van der Waals surface area contributed by atoms with Crippen LogP contribution in [-0.4, -0.2) is 37.5 Å². The molecule has 2 aromatic rings. The largest absolute Gasteiger partial charge is 0.482 e. The quantitative estimate of drug-likeness (QED) is 0.785. The number of hydrogen-bond acceptors (Lipinski definition) is 5. The predicted octanol–water partition coefficient (Wildman–Crippen LogP) is 2.12. The van der Waals surface area contributed by atoms with Crippen LogP contribution in [0.3, 0.4) is 0 Å². The van der Waals surface area contributed by atoms with E-state index in [-0.39, 0.29) is 31.2 Å². The van der Waals surface area contributed by atoms with Crippen LogP contribution < -0.4 is 15.0 Å². The zero-order valence-corrected chi connectivity index (χ0v) is 14.3. The number of fused-ring (bicyclic) bond motifs is 1. The lowest BCUT2D eigenvalue weighted by molar-refractivity contribution is -0.147. The first-order valence-corrected chi connectivity index (χ1v) is 8.27. The number of benzene rings is 2. The highest BCUT2D eigenvalue weighted by Gasteiger charge is 2.25. The highest BCUT2D eigenvalue weighted by atomic mass is 19.1. The van der Waals surface area contributed by atoms with Crippen LogP contribution >= 0.6 is 0 Å². The summed E-state index contributed by atoms with van der Waals surface area (Å²) in [5, 5.41) is 2.32. The number of hydrogen-bond donors (Lipinski definition) is 1. The van der Waals surface area contributed by atoms with Gasteiger partial charge in [-0.1, -0.05) is 24.3 Å². The molecule has 2 aromatic carbocycles. The van der Waals surface area contributed by atoms with Crippen molar-refractivity contribution in [2.24, 2.45) is 0 Å². The van der Waals surface area contributed by atoms with Crippen molar-refractivity contribution in [1.29, 1.82) is 0 Å². The minimum absolute atomic E-state index is 0.00840. The molecule has 0 unspecified atom stereocenters. The van der Waals surface area contributed by atoms with Crippen molar-refractivity contribution in [2.75, 3.05) is 30.0 Å². The summed E-state index contributed by atoms with van der Waals surface area (Å²) in [6.07, 6.45) is -0.0902.